The Bertz CT molecular complexity index is 1690. The molecule has 166 valence electrons. The van der Waals surface area contributed by atoms with Crippen molar-refractivity contribution in [3.05, 3.63) is 114 Å². The molecule has 0 amide bonds. The molecule has 0 spiro atoms. The zero-order chi connectivity index (χ0) is 23.4. The first-order valence-corrected chi connectivity index (χ1v) is 11.8. The van der Waals surface area contributed by atoms with Crippen LogP contribution >= 0.6 is 0 Å². The van der Waals surface area contributed by atoms with Crippen molar-refractivity contribution in [2.75, 3.05) is 0 Å². The summed E-state index contributed by atoms with van der Waals surface area (Å²) in [4.78, 5) is 18.5. The normalized spacial score (nSPS) is 16.1. The Hall–Kier alpha value is -4.57. The Morgan fingerprint density at radius 1 is 0.714 bits per heavy atom. The number of fused-ring (bicyclic) bond motifs is 4. The van der Waals surface area contributed by atoms with Crippen LogP contribution in [-0.4, -0.2) is 28.8 Å². The number of aryl methyl sites for hydroxylation is 1. The van der Waals surface area contributed by atoms with Gasteiger partial charge in [-0.3, -0.25) is 4.99 Å². The molecule has 1 atom stereocenters. The van der Waals surface area contributed by atoms with Crippen molar-refractivity contribution in [1.82, 2.24) is 4.98 Å². The predicted octanol–water partition coefficient (Wildman–Crippen LogP) is 7.14. The zero-order valence-corrected chi connectivity index (χ0v) is 19.2. The average molecular weight is 451 g/mol. The first-order chi connectivity index (χ1) is 17.3. The van der Waals surface area contributed by atoms with Crippen LogP contribution in [0.2, 0.25) is 0 Å². The predicted molar refractivity (Wildman–Crippen MR) is 145 cm³/mol. The molecule has 1 N–H and O–H groups in total. The van der Waals surface area contributed by atoms with E-state index in [0.29, 0.717) is 0 Å². The molecule has 0 radical (unpaired) electrons. The van der Waals surface area contributed by atoms with Crippen molar-refractivity contribution in [2.45, 2.75) is 13.0 Å². The van der Waals surface area contributed by atoms with E-state index in [2.05, 4.69) is 96.8 Å². The molecule has 2 aliphatic rings. The molecule has 0 aliphatic carbocycles. The Morgan fingerprint density at radius 2 is 1.43 bits per heavy atom. The van der Waals surface area contributed by atoms with Gasteiger partial charge in [-0.2, -0.15) is 0 Å². The SMILES string of the molecule is Cc1c(C2=NC3C=Nc4[nH]c(-c5ccccc5)c(-c5ccccc5)c4C3=N2)ccc2ccccc12. The van der Waals surface area contributed by atoms with Gasteiger partial charge >= 0.3 is 0 Å². The summed E-state index contributed by atoms with van der Waals surface area (Å²) >= 11 is 0. The summed E-state index contributed by atoms with van der Waals surface area (Å²) in [6.45, 7) is 2.15. The van der Waals surface area contributed by atoms with Crippen LogP contribution in [0.15, 0.2) is 112 Å². The van der Waals surface area contributed by atoms with Crippen LogP contribution in [0.5, 0.6) is 0 Å². The highest BCUT2D eigenvalue weighted by molar-refractivity contribution is 6.29. The van der Waals surface area contributed by atoms with Crippen molar-refractivity contribution < 1.29 is 0 Å². The third kappa shape index (κ3) is 3.11. The molecule has 0 fully saturated rings. The van der Waals surface area contributed by atoms with E-state index in [1.807, 2.05) is 18.3 Å². The van der Waals surface area contributed by atoms with Crippen LogP contribution in [0.4, 0.5) is 5.82 Å². The van der Waals surface area contributed by atoms with E-state index in [-0.39, 0.29) is 6.04 Å². The molecular weight excluding hydrogens is 428 g/mol. The van der Waals surface area contributed by atoms with Gasteiger partial charge in [0.15, 0.2) is 5.84 Å². The molecule has 7 rings (SSSR count). The summed E-state index contributed by atoms with van der Waals surface area (Å²) in [7, 11) is 0. The van der Waals surface area contributed by atoms with Gasteiger partial charge in [0.25, 0.3) is 0 Å². The molecular formula is C31H22N4. The number of nitrogens with one attached hydrogen (secondary N) is 1. The largest absolute Gasteiger partial charge is 0.339 e. The van der Waals surface area contributed by atoms with E-state index in [1.165, 1.54) is 16.3 Å². The van der Waals surface area contributed by atoms with Crippen LogP contribution in [0, 0.1) is 6.92 Å². The van der Waals surface area contributed by atoms with E-state index in [1.54, 1.807) is 0 Å². The summed E-state index contributed by atoms with van der Waals surface area (Å²) in [5, 5.41) is 2.46. The molecule has 0 saturated heterocycles. The maximum Gasteiger partial charge on any atom is 0.156 e. The van der Waals surface area contributed by atoms with Crippen molar-refractivity contribution in [1.29, 1.82) is 0 Å². The van der Waals surface area contributed by atoms with Gasteiger partial charge in [0.1, 0.15) is 11.9 Å². The van der Waals surface area contributed by atoms with Gasteiger partial charge in [-0.25, -0.2) is 9.98 Å². The molecule has 1 unspecified atom stereocenters. The first kappa shape index (κ1) is 19.9. The second-order valence-corrected chi connectivity index (χ2v) is 8.96. The number of aliphatic imine (C=N–C) groups is 3. The molecule has 5 aromatic rings. The summed E-state index contributed by atoms with van der Waals surface area (Å²) in [6.07, 6.45) is 1.91. The second-order valence-electron chi connectivity index (χ2n) is 8.96. The van der Waals surface area contributed by atoms with Gasteiger partial charge in [0.2, 0.25) is 0 Å². The number of H-pyrrole nitrogens is 1. The van der Waals surface area contributed by atoms with E-state index in [9.17, 15) is 0 Å². The van der Waals surface area contributed by atoms with Gasteiger partial charge in [0.05, 0.1) is 17.0 Å². The smallest absolute Gasteiger partial charge is 0.156 e. The monoisotopic (exact) mass is 450 g/mol. The fraction of sp³-hybridized carbons (Fsp3) is 0.0645. The van der Waals surface area contributed by atoms with Crippen molar-refractivity contribution in [3.8, 4) is 22.4 Å². The maximum atomic E-state index is 5.14. The summed E-state index contributed by atoms with van der Waals surface area (Å²) in [5.74, 6) is 1.61. The molecule has 4 nitrogen and oxygen atoms in total. The van der Waals surface area contributed by atoms with Crippen LogP contribution in [0.25, 0.3) is 33.2 Å². The minimum Gasteiger partial charge on any atom is -0.339 e. The van der Waals surface area contributed by atoms with Crippen molar-refractivity contribution >= 4 is 34.4 Å². The molecule has 2 aliphatic heterocycles. The lowest BCUT2D eigenvalue weighted by molar-refractivity contribution is 1.16. The van der Waals surface area contributed by atoms with Crippen LogP contribution < -0.4 is 0 Å². The number of nitrogens with zero attached hydrogens (tertiary/aromatic N) is 3. The van der Waals surface area contributed by atoms with E-state index >= 15 is 0 Å². The Labute approximate surface area is 203 Å². The highest BCUT2D eigenvalue weighted by atomic mass is 15.1. The first-order valence-electron chi connectivity index (χ1n) is 11.8. The number of aromatic amines is 1. The van der Waals surface area contributed by atoms with Crippen LogP contribution in [-0.2, 0) is 0 Å². The fourth-order valence-electron chi connectivity index (χ4n) is 5.20. The average Bonchev–Trinajstić information content (AvgIpc) is 3.52. The number of amidine groups is 1. The second kappa shape index (κ2) is 7.74. The minimum absolute atomic E-state index is 0.190. The lowest BCUT2D eigenvalue weighted by Crippen LogP contribution is -2.21. The third-order valence-corrected chi connectivity index (χ3v) is 6.91. The maximum absolute atomic E-state index is 5.14. The lowest BCUT2D eigenvalue weighted by atomic mass is 9.92. The topological polar surface area (TPSA) is 52.9 Å². The lowest BCUT2D eigenvalue weighted by Gasteiger charge is -2.13. The highest BCUT2D eigenvalue weighted by Crippen LogP contribution is 2.43. The summed E-state index contributed by atoms with van der Waals surface area (Å²) in [6, 6.07) is 33.5. The molecule has 3 heterocycles. The molecule has 1 aromatic heterocycles. The molecule has 35 heavy (non-hydrogen) atoms. The van der Waals surface area contributed by atoms with Gasteiger partial charge in [-0.1, -0.05) is 97.1 Å². The van der Waals surface area contributed by atoms with Gasteiger partial charge in [-0.15, -0.1) is 0 Å². The molecule has 0 bridgehead atoms. The van der Waals surface area contributed by atoms with E-state index < -0.39 is 0 Å². The van der Waals surface area contributed by atoms with Gasteiger partial charge < -0.3 is 4.98 Å². The van der Waals surface area contributed by atoms with E-state index in [4.69, 9.17) is 15.0 Å². The van der Waals surface area contributed by atoms with Crippen LogP contribution in [0.3, 0.4) is 0 Å². The number of hydrogen-bond donors (Lipinski definition) is 1. The van der Waals surface area contributed by atoms with Crippen molar-refractivity contribution in [3.63, 3.8) is 0 Å². The standard InChI is InChI=1S/C31H22N4/c1-19-23-15-9-8-10-20(23)16-17-24(19)30-33-25-18-32-31-27(29(25)35-30)26(21-11-4-2-5-12-21)28(34-31)22-13-6-3-7-14-22/h2-18,25,34H,1H3. The van der Waals surface area contributed by atoms with Crippen LogP contribution in [0.1, 0.15) is 16.7 Å². The number of aromatic nitrogens is 1. The Kier molecular flexibility index (Phi) is 4.39. The molecule has 4 heteroatoms. The number of hydrogen-bond acceptors (Lipinski definition) is 3. The quantitative estimate of drug-likeness (QED) is 0.304. The Morgan fingerprint density at radius 3 is 2.23 bits per heavy atom. The molecule has 4 aromatic carbocycles. The van der Waals surface area contributed by atoms with Gasteiger partial charge in [0, 0.05) is 17.3 Å². The highest BCUT2D eigenvalue weighted by Gasteiger charge is 2.34. The fourth-order valence-corrected chi connectivity index (χ4v) is 5.20. The third-order valence-electron chi connectivity index (χ3n) is 6.91. The van der Waals surface area contributed by atoms with Gasteiger partial charge in [-0.05, 0) is 34.4 Å². The number of rotatable bonds is 3. The summed E-state index contributed by atoms with van der Waals surface area (Å²) in [5.41, 5.74) is 8.70. The Balaban J connectivity index is 1.43. The molecule has 0 saturated carbocycles. The number of benzene rings is 4. The van der Waals surface area contributed by atoms with E-state index in [0.717, 1.165) is 50.9 Å². The summed E-state index contributed by atoms with van der Waals surface area (Å²) < 4.78 is 0. The van der Waals surface area contributed by atoms with Crippen molar-refractivity contribution in [2.24, 2.45) is 15.0 Å². The minimum atomic E-state index is -0.190. The zero-order valence-electron chi connectivity index (χ0n) is 19.2.